The molecule has 2 atom stereocenters. The Bertz CT molecular complexity index is 68.8. The summed E-state index contributed by atoms with van der Waals surface area (Å²) in [4.78, 5) is 0. The minimum Gasteiger partial charge on any atom is -0.353 e. The monoisotopic (exact) mass is 117 g/mol. The molecule has 0 bridgehead atoms. The normalized spacial score (nSPS) is 33.0. The number of hydrogen-bond acceptors (Lipinski definition) is 3. The van der Waals surface area contributed by atoms with Crippen LogP contribution < -0.4 is 5.73 Å². The molecule has 0 aromatic carbocycles. The zero-order chi connectivity index (χ0) is 5.98. The van der Waals surface area contributed by atoms with Crippen molar-refractivity contribution in [2.24, 2.45) is 5.73 Å². The lowest BCUT2D eigenvalue weighted by Crippen LogP contribution is -2.32. The number of ether oxygens (including phenoxy) is 2. The summed E-state index contributed by atoms with van der Waals surface area (Å²) in [7, 11) is 0. The van der Waals surface area contributed by atoms with Gasteiger partial charge in [-0.2, -0.15) is 0 Å². The van der Waals surface area contributed by atoms with E-state index >= 15 is 0 Å². The van der Waals surface area contributed by atoms with Crippen LogP contribution in [0.4, 0.5) is 0 Å². The van der Waals surface area contributed by atoms with Crippen molar-refractivity contribution < 1.29 is 9.47 Å². The summed E-state index contributed by atoms with van der Waals surface area (Å²) in [6.07, 6.45) is 0.120. The zero-order valence-electron chi connectivity index (χ0n) is 4.96. The van der Waals surface area contributed by atoms with Gasteiger partial charge in [0.25, 0.3) is 0 Å². The maximum Gasteiger partial charge on any atom is 0.147 e. The van der Waals surface area contributed by atoms with E-state index in [4.69, 9.17) is 15.2 Å². The molecule has 1 aliphatic heterocycles. The standard InChI is InChI=1S/C5H11NO2/c1-4(6)5-2-7-3-8-5/h4-5H,2-3,6H2,1H3/t4-,5+/m1/s1. The Kier molecular flexibility index (Phi) is 1.83. The fourth-order valence-corrected chi connectivity index (χ4v) is 0.651. The highest BCUT2D eigenvalue weighted by molar-refractivity contribution is 4.69. The van der Waals surface area contributed by atoms with Crippen LogP contribution >= 0.6 is 0 Å². The van der Waals surface area contributed by atoms with Crippen LogP contribution in [0.2, 0.25) is 0 Å². The molecular formula is C5H11NO2. The van der Waals surface area contributed by atoms with E-state index in [1.165, 1.54) is 0 Å². The van der Waals surface area contributed by atoms with Crippen LogP contribution in [0.5, 0.6) is 0 Å². The predicted octanol–water partition coefficient (Wildman–Crippen LogP) is -0.294. The van der Waals surface area contributed by atoms with E-state index in [0.717, 1.165) is 0 Å². The van der Waals surface area contributed by atoms with E-state index < -0.39 is 0 Å². The maximum absolute atomic E-state index is 5.49. The number of rotatable bonds is 1. The van der Waals surface area contributed by atoms with Crippen LogP contribution in [0.15, 0.2) is 0 Å². The Labute approximate surface area is 48.8 Å². The molecule has 1 aliphatic rings. The zero-order valence-corrected chi connectivity index (χ0v) is 4.96. The van der Waals surface area contributed by atoms with E-state index in [1.807, 2.05) is 6.92 Å². The molecule has 2 N–H and O–H groups in total. The summed E-state index contributed by atoms with van der Waals surface area (Å²) in [5.74, 6) is 0. The first kappa shape index (κ1) is 6.01. The minimum absolute atomic E-state index is 0.0949. The molecule has 0 saturated carbocycles. The molecule has 1 rings (SSSR count). The smallest absolute Gasteiger partial charge is 0.147 e. The summed E-state index contributed by atoms with van der Waals surface area (Å²) in [6, 6.07) is 0.0949. The Morgan fingerprint density at radius 1 is 1.75 bits per heavy atom. The van der Waals surface area contributed by atoms with Gasteiger partial charge in [-0.25, -0.2) is 0 Å². The van der Waals surface area contributed by atoms with Gasteiger partial charge in [0.1, 0.15) is 6.79 Å². The summed E-state index contributed by atoms with van der Waals surface area (Å²) >= 11 is 0. The van der Waals surface area contributed by atoms with Crippen molar-refractivity contribution in [3.63, 3.8) is 0 Å². The van der Waals surface area contributed by atoms with Crippen molar-refractivity contribution in [3.05, 3.63) is 0 Å². The van der Waals surface area contributed by atoms with Gasteiger partial charge in [-0.15, -0.1) is 0 Å². The summed E-state index contributed by atoms with van der Waals surface area (Å²) in [6.45, 7) is 2.98. The lowest BCUT2D eigenvalue weighted by Gasteiger charge is -2.09. The topological polar surface area (TPSA) is 44.5 Å². The molecule has 3 heteroatoms. The van der Waals surface area contributed by atoms with Crippen molar-refractivity contribution in [3.8, 4) is 0 Å². The van der Waals surface area contributed by atoms with Crippen LogP contribution in [0.3, 0.4) is 0 Å². The molecule has 0 aromatic rings. The van der Waals surface area contributed by atoms with Crippen molar-refractivity contribution >= 4 is 0 Å². The lowest BCUT2D eigenvalue weighted by atomic mass is 10.2. The molecule has 0 spiro atoms. The SMILES string of the molecule is C[C@@H](N)[C@@H]1COCO1. The van der Waals surface area contributed by atoms with Crippen molar-refractivity contribution in [1.29, 1.82) is 0 Å². The Morgan fingerprint density at radius 3 is 2.75 bits per heavy atom. The first-order valence-electron chi connectivity index (χ1n) is 2.75. The summed E-state index contributed by atoms with van der Waals surface area (Å²) in [5.41, 5.74) is 5.49. The average molecular weight is 117 g/mol. The average Bonchev–Trinajstić information content (AvgIpc) is 2.12. The van der Waals surface area contributed by atoms with Crippen molar-refractivity contribution in [2.75, 3.05) is 13.4 Å². The van der Waals surface area contributed by atoms with Gasteiger partial charge in [0.15, 0.2) is 0 Å². The molecule has 0 amide bonds. The molecule has 1 heterocycles. The second-order valence-corrected chi connectivity index (χ2v) is 2.05. The molecular weight excluding hydrogens is 106 g/mol. The second kappa shape index (κ2) is 2.44. The van der Waals surface area contributed by atoms with Crippen LogP contribution in [0, 0.1) is 0 Å². The quantitative estimate of drug-likeness (QED) is 0.513. The van der Waals surface area contributed by atoms with Crippen LogP contribution in [0.25, 0.3) is 0 Å². The third-order valence-electron chi connectivity index (χ3n) is 1.23. The predicted molar refractivity (Wildman–Crippen MR) is 29.3 cm³/mol. The van der Waals surface area contributed by atoms with E-state index in [1.54, 1.807) is 0 Å². The Morgan fingerprint density at radius 2 is 2.50 bits per heavy atom. The van der Waals surface area contributed by atoms with E-state index in [9.17, 15) is 0 Å². The van der Waals surface area contributed by atoms with E-state index in [0.29, 0.717) is 13.4 Å². The molecule has 48 valence electrons. The summed E-state index contributed by atoms with van der Waals surface area (Å²) < 4.78 is 9.98. The van der Waals surface area contributed by atoms with Gasteiger partial charge < -0.3 is 15.2 Å². The minimum atomic E-state index is 0.0949. The number of nitrogens with two attached hydrogens (primary N) is 1. The largest absolute Gasteiger partial charge is 0.353 e. The number of hydrogen-bond donors (Lipinski definition) is 1. The first-order valence-corrected chi connectivity index (χ1v) is 2.75. The molecule has 0 aromatic heterocycles. The Balaban J connectivity index is 2.24. The maximum atomic E-state index is 5.49. The van der Waals surface area contributed by atoms with Crippen molar-refractivity contribution in [1.82, 2.24) is 0 Å². The molecule has 3 nitrogen and oxygen atoms in total. The Hall–Kier alpha value is -0.120. The van der Waals surface area contributed by atoms with Crippen LogP contribution in [-0.2, 0) is 9.47 Å². The fourth-order valence-electron chi connectivity index (χ4n) is 0.651. The van der Waals surface area contributed by atoms with Crippen molar-refractivity contribution in [2.45, 2.75) is 19.1 Å². The molecule has 8 heavy (non-hydrogen) atoms. The second-order valence-electron chi connectivity index (χ2n) is 2.05. The fraction of sp³-hybridized carbons (Fsp3) is 1.00. The van der Waals surface area contributed by atoms with Gasteiger partial charge in [0, 0.05) is 6.04 Å². The van der Waals surface area contributed by atoms with Gasteiger partial charge in [-0.3, -0.25) is 0 Å². The molecule has 1 fully saturated rings. The van der Waals surface area contributed by atoms with Crippen LogP contribution in [-0.4, -0.2) is 25.5 Å². The van der Waals surface area contributed by atoms with E-state index in [-0.39, 0.29) is 12.1 Å². The highest BCUT2D eigenvalue weighted by Gasteiger charge is 2.19. The van der Waals surface area contributed by atoms with Gasteiger partial charge in [0.05, 0.1) is 12.7 Å². The molecule has 1 saturated heterocycles. The highest BCUT2D eigenvalue weighted by Crippen LogP contribution is 2.04. The van der Waals surface area contributed by atoms with Gasteiger partial charge in [-0.05, 0) is 6.92 Å². The third-order valence-corrected chi connectivity index (χ3v) is 1.23. The molecule has 0 unspecified atom stereocenters. The molecule has 0 aliphatic carbocycles. The summed E-state index contributed by atoms with van der Waals surface area (Å²) in [5, 5.41) is 0. The van der Waals surface area contributed by atoms with E-state index in [2.05, 4.69) is 0 Å². The first-order chi connectivity index (χ1) is 3.80. The lowest BCUT2D eigenvalue weighted by molar-refractivity contribution is 0.0414. The highest BCUT2D eigenvalue weighted by atomic mass is 16.7. The van der Waals surface area contributed by atoms with Gasteiger partial charge in [0.2, 0.25) is 0 Å². The third kappa shape index (κ3) is 1.18. The van der Waals surface area contributed by atoms with Gasteiger partial charge >= 0.3 is 0 Å². The van der Waals surface area contributed by atoms with Gasteiger partial charge in [-0.1, -0.05) is 0 Å². The van der Waals surface area contributed by atoms with Crippen LogP contribution in [0.1, 0.15) is 6.92 Å². The molecule has 0 radical (unpaired) electrons.